The number of halogens is 1. The van der Waals surface area contributed by atoms with Crippen molar-refractivity contribution in [2.75, 3.05) is 12.4 Å². The fourth-order valence-electron chi connectivity index (χ4n) is 2.70. The number of hydrogen-bond acceptors (Lipinski definition) is 3. The van der Waals surface area contributed by atoms with Crippen LogP contribution in [0.2, 0.25) is 0 Å². The summed E-state index contributed by atoms with van der Waals surface area (Å²) in [6.45, 7) is 1.97. The summed E-state index contributed by atoms with van der Waals surface area (Å²) in [5, 5.41) is 5.59. The quantitative estimate of drug-likeness (QED) is 0.360. The van der Waals surface area contributed by atoms with Gasteiger partial charge in [0.15, 0.2) is 0 Å². The molecule has 2 amide bonds. The Labute approximate surface area is 189 Å². The number of nitrogens with one attached hydrogen (secondary N) is 2. The average Bonchev–Trinajstić information content (AvgIpc) is 2.75. The Morgan fingerprint density at radius 2 is 1.60 bits per heavy atom. The molecule has 0 bridgehead atoms. The second-order valence-electron chi connectivity index (χ2n) is 6.59. The van der Waals surface area contributed by atoms with E-state index in [1.807, 2.05) is 55.5 Å². The van der Waals surface area contributed by atoms with Gasteiger partial charge in [0.2, 0.25) is 0 Å². The monoisotopic (exact) mass is 512 g/mol. The SMILES string of the molecule is COc1ccc(C=C(NC(=O)c2ccccc2I)C(=O)Nc2ccc(C)cc2)cc1. The maximum absolute atomic E-state index is 13.0. The van der Waals surface area contributed by atoms with Gasteiger partial charge in [-0.05, 0) is 77.6 Å². The van der Waals surface area contributed by atoms with Gasteiger partial charge in [-0.25, -0.2) is 0 Å². The van der Waals surface area contributed by atoms with Crippen LogP contribution in [0.1, 0.15) is 21.5 Å². The lowest BCUT2D eigenvalue weighted by atomic mass is 10.1. The Balaban J connectivity index is 1.89. The molecule has 30 heavy (non-hydrogen) atoms. The first kappa shape index (κ1) is 21.6. The predicted molar refractivity (Wildman–Crippen MR) is 127 cm³/mol. The lowest BCUT2D eigenvalue weighted by Crippen LogP contribution is -2.31. The number of ether oxygens (including phenoxy) is 1. The second-order valence-corrected chi connectivity index (χ2v) is 7.75. The highest BCUT2D eigenvalue weighted by Crippen LogP contribution is 2.17. The molecular formula is C24H21IN2O3. The van der Waals surface area contributed by atoms with Gasteiger partial charge in [0.1, 0.15) is 11.4 Å². The minimum absolute atomic E-state index is 0.144. The third kappa shape index (κ3) is 5.70. The molecule has 2 N–H and O–H groups in total. The molecule has 0 saturated carbocycles. The molecule has 0 aromatic heterocycles. The van der Waals surface area contributed by atoms with Crippen molar-refractivity contribution in [2.24, 2.45) is 0 Å². The molecule has 3 aromatic carbocycles. The number of hydrogen-bond donors (Lipinski definition) is 2. The van der Waals surface area contributed by atoms with Crippen LogP contribution in [-0.4, -0.2) is 18.9 Å². The van der Waals surface area contributed by atoms with Gasteiger partial charge in [0.05, 0.1) is 12.7 Å². The van der Waals surface area contributed by atoms with Crippen LogP contribution in [-0.2, 0) is 4.79 Å². The van der Waals surface area contributed by atoms with Crippen LogP contribution in [0.25, 0.3) is 6.08 Å². The van der Waals surface area contributed by atoms with E-state index in [0.717, 1.165) is 14.7 Å². The topological polar surface area (TPSA) is 67.4 Å². The van der Waals surface area contributed by atoms with Crippen LogP contribution in [0.4, 0.5) is 5.69 Å². The Kier molecular flexibility index (Phi) is 7.24. The molecular weight excluding hydrogens is 491 g/mol. The van der Waals surface area contributed by atoms with E-state index in [1.165, 1.54) is 0 Å². The molecule has 0 aliphatic heterocycles. The molecule has 0 atom stereocenters. The minimum atomic E-state index is -0.408. The Morgan fingerprint density at radius 3 is 2.23 bits per heavy atom. The number of benzene rings is 3. The molecule has 3 aromatic rings. The van der Waals surface area contributed by atoms with Crippen molar-refractivity contribution in [3.05, 3.63) is 98.8 Å². The fraction of sp³-hybridized carbons (Fsp3) is 0.0833. The highest BCUT2D eigenvalue weighted by molar-refractivity contribution is 14.1. The van der Waals surface area contributed by atoms with Crippen molar-refractivity contribution in [3.8, 4) is 5.75 Å². The van der Waals surface area contributed by atoms with E-state index in [4.69, 9.17) is 4.74 Å². The Morgan fingerprint density at radius 1 is 0.933 bits per heavy atom. The standard InChI is InChI=1S/C24H21IN2O3/c1-16-7-11-18(12-8-16)26-24(29)22(15-17-9-13-19(30-2)14-10-17)27-23(28)20-5-3-4-6-21(20)25/h3-15H,1-2H3,(H,26,29)(H,27,28). The van der Waals surface area contributed by atoms with Gasteiger partial charge < -0.3 is 15.4 Å². The van der Waals surface area contributed by atoms with Crippen molar-refractivity contribution in [3.63, 3.8) is 0 Å². The van der Waals surface area contributed by atoms with Gasteiger partial charge in [0.25, 0.3) is 11.8 Å². The van der Waals surface area contributed by atoms with E-state index in [-0.39, 0.29) is 11.6 Å². The van der Waals surface area contributed by atoms with Gasteiger partial charge in [-0.15, -0.1) is 0 Å². The zero-order chi connectivity index (χ0) is 21.5. The van der Waals surface area contributed by atoms with Crippen molar-refractivity contribution >= 4 is 46.2 Å². The van der Waals surface area contributed by atoms with Crippen molar-refractivity contribution in [1.82, 2.24) is 5.32 Å². The van der Waals surface area contributed by atoms with Crippen molar-refractivity contribution in [1.29, 1.82) is 0 Å². The number of amides is 2. The van der Waals surface area contributed by atoms with Crippen LogP contribution in [0.3, 0.4) is 0 Å². The number of carbonyl (C=O) groups is 2. The van der Waals surface area contributed by atoms with E-state index in [9.17, 15) is 9.59 Å². The van der Waals surface area contributed by atoms with E-state index in [1.54, 1.807) is 37.5 Å². The molecule has 6 heteroatoms. The molecule has 0 fully saturated rings. The molecule has 152 valence electrons. The van der Waals surface area contributed by atoms with Crippen LogP contribution < -0.4 is 15.4 Å². The summed E-state index contributed by atoms with van der Waals surface area (Å²) in [6.07, 6.45) is 1.64. The number of rotatable bonds is 6. The highest BCUT2D eigenvalue weighted by Gasteiger charge is 2.16. The summed E-state index contributed by atoms with van der Waals surface area (Å²) in [7, 11) is 1.59. The first-order chi connectivity index (χ1) is 14.5. The first-order valence-electron chi connectivity index (χ1n) is 9.26. The number of anilines is 1. The zero-order valence-electron chi connectivity index (χ0n) is 16.6. The molecule has 0 aliphatic rings. The third-order valence-corrected chi connectivity index (χ3v) is 5.29. The molecule has 3 rings (SSSR count). The Bertz CT molecular complexity index is 1070. The Hall–Kier alpha value is -3.13. The van der Waals surface area contributed by atoms with E-state index >= 15 is 0 Å². The summed E-state index contributed by atoms with van der Waals surface area (Å²) in [4.78, 5) is 25.8. The van der Waals surface area contributed by atoms with E-state index in [0.29, 0.717) is 17.0 Å². The largest absolute Gasteiger partial charge is 0.497 e. The summed E-state index contributed by atoms with van der Waals surface area (Å²) in [5.74, 6) is -0.0477. The lowest BCUT2D eigenvalue weighted by Gasteiger charge is -2.12. The maximum atomic E-state index is 13.0. The van der Waals surface area contributed by atoms with Gasteiger partial charge in [-0.3, -0.25) is 9.59 Å². The predicted octanol–water partition coefficient (Wildman–Crippen LogP) is 5.02. The van der Waals surface area contributed by atoms with Crippen LogP contribution in [0, 0.1) is 10.5 Å². The average molecular weight is 512 g/mol. The second kappa shape index (κ2) is 10.1. The van der Waals surface area contributed by atoms with Crippen molar-refractivity contribution < 1.29 is 14.3 Å². The molecule has 5 nitrogen and oxygen atoms in total. The maximum Gasteiger partial charge on any atom is 0.272 e. The molecule has 0 saturated heterocycles. The third-order valence-electron chi connectivity index (χ3n) is 4.35. The van der Waals surface area contributed by atoms with Crippen LogP contribution >= 0.6 is 22.6 Å². The molecule has 0 spiro atoms. The minimum Gasteiger partial charge on any atom is -0.497 e. The van der Waals surface area contributed by atoms with Gasteiger partial charge >= 0.3 is 0 Å². The fourth-order valence-corrected chi connectivity index (χ4v) is 3.33. The number of carbonyl (C=O) groups excluding carboxylic acids is 2. The summed E-state index contributed by atoms with van der Waals surface area (Å²) >= 11 is 2.10. The van der Waals surface area contributed by atoms with Gasteiger partial charge in [-0.1, -0.05) is 42.0 Å². The van der Waals surface area contributed by atoms with Crippen LogP contribution in [0.5, 0.6) is 5.75 Å². The molecule has 0 heterocycles. The zero-order valence-corrected chi connectivity index (χ0v) is 18.8. The molecule has 0 unspecified atom stereocenters. The summed E-state index contributed by atoms with van der Waals surface area (Å²) in [5.41, 5.74) is 3.14. The smallest absolute Gasteiger partial charge is 0.272 e. The van der Waals surface area contributed by atoms with Crippen LogP contribution in [0.15, 0.2) is 78.5 Å². The van der Waals surface area contributed by atoms with E-state index < -0.39 is 5.91 Å². The molecule has 0 radical (unpaired) electrons. The highest BCUT2D eigenvalue weighted by atomic mass is 127. The summed E-state index contributed by atoms with van der Waals surface area (Å²) < 4.78 is 5.98. The lowest BCUT2D eigenvalue weighted by molar-refractivity contribution is -0.113. The van der Waals surface area contributed by atoms with Crippen molar-refractivity contribution in [2.45, 2.75) is 6.92 Å². The number of methoxy groups -OCH3 is 1. The van der Waals surface area contributed by atoms with Gasteiger partial charge in [-0.2, -0.15) is 0 Å². The normalized spacial score (nSPS) is 11.0. The van der Waals surface area contributed by atoms with Gasteiger partial charge in [0, 0.05) is 9.26 Å². The molecule has 0 aliphatic carbocycles. The first-order valence-corrected chi connectivity index (χ1v) is 10.3. The summed E-state index contributed by atoms with van der Waals surface area (Å²) in [6, 6.07) is 21.9. The van der Waals surface area contributed by atoms with E-state index in [2.05, 4.69) is 33.2 Å². The number of aryl methyl sites for hydroxylation is 1.